The van der Waals surface area contributed by atoms with Crippen LogP contribution in [0.25, 0.3) is 0 Å². The number of hydrogen-bond donors (Lipinski definition) is 2. The molecule has 2 atom stereocenters. The molecule has 6 nitrogen and oxygen atoms in total. The molecule has 130 valence electrons. The van der Waals surface area contributed by atoms with Crippen molar-refractivity contribution in [3.63, 3.8) is 0 Å². The number of anilines is 1. The van der Waals surface area contributed by atoms with Gasteiger partial charge in [0.25, 0.3) is 0 Å². The number of carbonyl (C=O) groups is 2. The van der Waals surface area contributed by atoms with Gasteiger partial charge in [-0.25, -0.2) is 4.79 Å². The van der Waals surface area contributed by atoms with Crippen molar-refractivity contribution in [2.45, 2.75) is 12.3 Å². The predicted molar refractivity (Wildman–Crippen MR) is 92.4 cm³/mol. The van der Waals surface area contributed by atoms with E-state index in [1.165, 1.54) is 13.2 Å². The fraction of sp³-hybridized carbons (Fsp3) is 0.263. The van der Waals surface area contributed by atoms with Gasteiger partial charge in [-0.15, -0.1) is 0 Å². The minimum absolute atomic E-state index is 0.00582. The largest absolute Gasteiger partial charge is 0.497 e. The van der Waals surface area contributed by atoms with Crippen molar-refractivity contribution in [3.05, 3.63) is 53.6 Å². The van der Waals surface area contributed by atoms with Gasteiger partial charge in [0, 0.05) is 5.92 Å². The SMILES string of the molecule is COc1cccc(C2CC2C(=O)Nc2ccc(OC)cc2C(=O)O)c1. The van der Waals surface area contributed by atoms with E-state index in [1.54, 1.807) is 19.2 Å². The molecule has 0 bridgehead atoms. The Morgan fingerprint density at radius 2 is 1.80 bits per heavy atom. The number of benzene rings is 2. The Balaban J connectivity index is 1.72. The maximum Gasteiger partial charge on any atom is 0.337 e. The normalized spacial score (nSPS) is 18.3. The maximum atomic E-state index is 12.5. The van der Waals surface area contributed by atoms with Gasteiger partial charge >= 0.3 is 5.97 Å². The zero-order chi connectivity index (χ0) is 18.0. The standard InChI is InChI=1S/C19H19NO5/c1-24-12-5-3-4-11(8-12)14-10-15(14)18(21)20-17-7-6-13(25-2)9-16(17)19(22)23/h3-9,14-15H,10H2,1-2H3,(H,20,21)(H,22,23). The Bertz CT molecular complexity index is 817. The number of aromatic carboxylic acids is 1. The van der Waals surface area contributed by atoms with E-state index < -0.39 is 5.97 Å². The lowest BCUT2D eigenvalue weighted by Crippen LogP contribution is -2.17. The number of ether oxygens (including phenoxy) is 2. The molecular weight excluding hydrogens is 322 g/mol. The minimum atomic E-state index is -1.12. The second-order valence-electron chi connectivity index (χ2n) is 5.93. The molecule has 2 unspecified atom stereocenters. The Morgan fingerprint density at radius 3 is 2.48 bits per heavy atom. The smallest absolute Gasteiger partial charge is 0.337 e. The van der Waals surface area contributed by atoms with Crippen molar-refractivity contribution in [2.75, 3.05) is 19.5 Å². The third kappa shape index (κ3) is 3.57. The van der Waals surface area contributed by atoms with E-state index >= 15 is 0 Å². The first-order valence-electron chi connectivity index (χ1n) is 7.89. The van der Waals surface area contributed by atoms with E-state index in [2.05, 4.69) is 5.32 Å². The van der Waals surface area contributed by atoms with Crippen LogP contribution in [0.1, 0.15) is 28.3 Å². The highest BCUT2D eigenvalue weighted by atomic mass is 16.5. The summed E-state index contributed by atoms with van der Waals surface area (Å²) >= 11 is 0. The molecule has 0 saturated heterocycles. The highest BCUT2D eigenvalue weighted by Gasteiger charge is 2.44. The van der Waals surface area contributed by atoms with Crippen LogP contribution in [0, 0.1) is 5.92 Å². The van der Waals surface area contributed by atoms with Gasteiger partial charge in [-0.3, -0.25) is 4.79 Å². The molecule has 1 amide bonds. The average Bonchev–Trinajstić information content (AvgIpc) is 3.43. The van der Waals surface area contributed by atoms with Gasteiger partial charge in [0.2, 0.25) is 5.91 Å². The third-order valence-corrected chi connectivity index (χ3v) is 4.36. The van der Waals surface area contributed by atoms with Gasteiger partial charge in [-0.05, 0) is 48.2 Å². The number of hydrogen-bond acceptors (Lipinski definition) is 4. The fourth-order valence-corrected chi connectivity index (χ4v) is 2.89. The van der Waals surface area contributed by atoms with E-state index in [0.717, 1.165) is 17.7 Å². The molecule has 6 heteroatoms. The highest BCUT2D eigenvalue weighted by Crippen LogP contribution is 2.48. The molecule has 1 fully saturated rings. The van der Waals surface area contributed by atoms with Crippen LogP contribution in [0.4, 0.5) is 5.69 Å². The molecular formula is C19H19NO5. The predicted octanol–water partition coefficient (Wildman–Crippen LogP) is 3.14. The average molecular weight is 341 g/mol. The Labute approximate surface area is 145 Å². The topological polar surface area (TPSA) is 84.9 Å². The summed E-state index contributed by atoms with van der Waals surface area (Å²) in [6.45, 7) is 0. The molecule has 25 heavy (non-hydrogen) atoms. The molecule has 3 rings (SSSR count). The number of nitrogens with one attached hydrogen (secondary N) is 1. The molecule has 2 aromatic rings. The van der Waals surface area contributed by atoms with Gasteiger partial charge in [0.05, 0.1) is 25.5 Å². The Morgan fingerprint density at radius 1 is 1.08 bits per heavy atom. The summed E-state index contributed by atoms with van der Waals surface area (Å²) in [5, 5.41) is 12.0. The lowest BCUT2D eigenvalue weighted by Gasteiger charge is -2.10. The lowest BCUT2D eigenvalue weighted by atomic mass is 10.1. The molecule has 2 N–H and O–H groups in total. The van der Waals surface area contributed by atoms with Crippen molar-refractivity contribution in [1.29, 1.82) is 0 Å². The zero-order valence-corrected chi connectivity index (χ0v) is 14.0. The number of amides is 1. The van der Waals surface area contributed by atoms with Crippen molar-refractivity contribution in [2.24, 2.45) is 5.92 Å². The summed E-state index contributed by atoms with van der Waals surface area (Å²) < 4.78 is 10.2. The molecule has 0 aromatic heterocycles. The van der Waals surface area contributed by atoms with Gasteiger partial charge in [0.15, 0.2) is 0 Å². The van der Waals surface area contributed by atoms with Crippen molar-refractivity contribution >= 4 is 17.6 Å². The van der Waals surface area contributed by atoms with Crippen LogP contribution in [-0.2, 0) is 4.79 Å². The van der Waals surface area contributed by atoms with Crippen molar-refractivity contribution < 1.29 is 24.2 Å². The number of carboxylic acid groups (broad SMARTS) is 1. The fourth-order valence-electron chi connectivity index (χ4n) is 2.89. The monoisotopic (exact) mass is 341 g/mol. The number of carbonyl (C=O) groups excluding carboxylic acids is 1. The molecule has 0 heterocycles. The molecule has 2 aromatic carbocycles. The van der Waals surface area contributed by atoms with E-state index in [9.17, 15) is 14.7 Å². The summed E-state index contributed by atoms with van der Waals surface area (Å²) in [5.74, 6) is -0.157. The van der Waals surface area contributed by atoms with Gasteiger partial charge in [-0.2, -0.15) is 0 Å². The first-order chi connectivity index (χ1) is 12.0. The number of carboxylic acids is 1. The van der Waals surface area contributed by atoms with Crippen LogP contribution >= 0.6 is 0 Å². The number of methoxy groups -OCH3 is 2. The van der Waals surface area contributed by atoms with E-state index in [0.29, 0.717) is 5.75 Å². The van der Waals surface area contributed by atoms with Gasteiger partial charge in [-0.1, -0.05) is 12.1 Å². The van der Waals surface area contributed by atoms with Crippen molar-refractivity contribution in [3.8, 4) is 11.5 Å². The summed E-state index contributed by atoms with van der Waals surface area (Å²) in [6.07, 6.45) is 0.734. The molecule has 0 aliphatic heterocycles. The van der Waals surface area contributed by atoms with Crippen LogP contribution in [-0.4, -0.2) is 31.2 Å². The quantitative estimate of drug-likeness (QED) is 0.843. The van der Waals surface area contributed by atoms with Crippen LogP contribution in [0.15, 0.2) is 42.5 Å². The van der Waals surface area contributed by atoms with Crippen molar-refractivity contribution in [1.82, 2.24) is 0 Å². The number of rotatable bonds is 6. The van der Waals surface area contributed by atoms with Crippen LogP contribution in [0.5, 0.6) is 11.5 Å². The summed E-state index contributed by atoms with van der Waals surface area (Å²) in [5.41, 5.74) is 1.33. The second-order valence-corrected chi connectivity index (χ2v) is 5.93. The van der Waals surface area contributed by atoms with E-state index in [4.69, 9.17) is 9.47 Å². The molecule has 0 radical (unpaired) electrons. The summed E-state index contributed by atoms with van der Waals surface area (Å²) in [7, 11) is 3.06. The van der Waals surface area contributed by atoms with Crippen LogP contribution in [0.3, 0.4) is 0 Å². The van der Waals surface area contributed by atoms with E-state index in [-0.39, 0.29) is 29.0 Å². The summed E-state index contributed by atoms with van der Waals surface area (Å²) in [6, 6.07) is 12.2. The third-order valence-electron chi connectivity index (χ3n) is 4.36. The first-order valence-corrected chi connectivity index (χ1v) is 7.89. The van der Waals surface area contributed by atoms with E-state index in [1.807, 2.05) is 24.3 Å². The van der Waals surface area contributed by atoms with Crippen LogP contribution in [0.2, 0.25) is 0 Å². The Hall–Kier alpha value is -3.02. The molecule has 1 saturated carbocycles. The molecule has 1 aliphatic carbocycles. The van der Waals surface area contributed by atoms with Gasteiger partial charge < -0.3 is 19.9 Å². The summed E-state index contributed by atoms with van der Waals surface area (Å²) in [4.78, 5) is 23.9. The zero-order valence-electron chi connectivity index (χ0n) is 14.0. The lowest BCUT2D eigenvalue weighted by molar-refractivity contribution is -0.117. The molecule has 1 aliphatic rings. The maximum absolute atomic E-state index is 12.5. The van der Waals surface area contributed by atoms with Gasteiger partial charge in [0.1, 0.15) is 11.5 Å². The second kappa shape index (κ2) is 6.84. The minimum Gasteiger partial charge on any atom is -0.497 e. The first kappa shape index (κ1) is 16.8. The highest BCUT2D eigenvalue weighted by molar-refractivity contribution is 6.02. The Kier molecular flexibility index (Phi) is 4.61. The molecule has 0 spiro atoms. The van der Waals surface area contributed by atoms with Crippen LogP contribution < -0.4 is 14.8 Å².